The molecular formula is C19H30N2O2S2. The van der Waals surface area contributed by atoms with E-state index in [4.69, 9.17) is 17.0 Å². The molecule has 0 saturated carbocycles. The number of hydrogen-bond donors (Lipinski definition) is 2. The quantitative estimate of drug-likeness (QED) is 0.540. The Kier molecular flexibility index (Phi) is 8.16. The summed E-state index contributed by atoms with van der Waals surface area (Å²) < 4.78 is 5.32. The molecule has 0 amide bonds. The molecule has 0 bridgehead atoms. The number of ether oxygens (including phenoxy) is 1. The first-order valence-corrected chi connectivity index (χ1v) is 10.6. The Hall–Kier alpha value is -1.14. The predicted molar refractivity (Wildman–Crippen MR) is 110 cm³/mol. The summed E-state index contributed by atoms with van der Waals surface area (Å²) in [5, 5.41) is 7.92. The van der Waals surface area contributed by atoms with Crippen molar-refractivity contribution in [3.63, 3.8) is 0 Å². The molecule has 0 aliphatic heterocycles. The Labute approximate surface area is 160 Å². The van der Waals surface area contributed by atoms with E-state index in [0.717, 1.165) is 37.2 Å². The second-order valence-corrected chi connectivity index (χ2v) is 8.42. The van der Waals surface area contributed by atoms with Crippen LogP contribution in [0.5, 0.6) is 0 Å². The monoisotopic (exact) mass is 382 g/mol. The van der Waals surface area contributed by atoms with E-state index in [1.807, 2.05) is 6.92 Å². The topological polar surface area (TPSA) is 50.4 Å². The highest BCUT2D eigenvalue weighted by atomic mass is 32.1. The van der Waals surface area contributed by atoms with Gasteiger partial charge in [-0.3, -0.25) is 0 Å². The highest BCUT2D eigenvalue weighted by Gasteiger charge is 2.25. The number of nitrogens with one attached hydrogen (secondary N) is 2. The van der Waals surface area contributed by atoms with Crippen LogP contribution < -0.4 is 10.6 Å². The molecule has 0 aromatic carbocycles. The third kappa shape index (κ3) is 5.96. The van der Waals surface area contributed by atoms with Crippen molar-refractivity contribution in [2.24, 2.45) is 5.92 Å². The van der Waals surface area contributed by atoms with Crippen molar-refractivity contribution in [2.45, 2.75) is 65.7 Å². The minimum Gasteiger partial charge on any atom is -0.462 e. The van der Waals surface area contributed by atoms with E-state index in [-0.39, 0.29) is 5.97 Å². The molecule has 1 aliphatic rings. The molecule has 0 fully saturated rings. The van der Waals surface area contributed by atoms with Crippen molar-refractivity contribution >= 4 is 39.6 Å². The van der Waals surface area contributed by atoms with Gasteiger partial charge in [-0.25, -0.2) is 4.79 Å². The second kappa shape index (κ2) is 10.1. The third-order valence-electron chi connectivity index (χ3n) is 4.39. The van der Waals surface area contributed by atoms with Crippen LogP contribution in [-0.4, -0.2) is 24.2 Å². The molecule has 0 atom stereocenters. The normalized spacial score (nSPS) is 14.4. The van der Waals surface area contributed by atoms with Crippen LogP contribution in [0, 0.1) is 5.92 Å². The standard InChI is InChI=1S/C19H30N2O2S2/c1-4-23-18(22)16-14-9-7-5-6-8-10-15(14)25-17(16)21-19(24)20-12-11-13(2)3/h13H,4-12H2,1-3H3,(H2,20,21,24). The summed E-state index contributed by atoms with van der Waals surface area (Å²) in [5.41, 5.74) is 1.88. The van der Waals surface area contributed by atoms with Gasteiger partial charge in [-0.1, -0.05) is 26.7 Å². The van der Waals surface area contributed by atoms with Crippen LogP contribution in [0.3, 0.4) is 0 Å². The summed E-state index contributed by atoms with van der Waals surface area (Å²) in [7, 11) is 0. The zero-order valence-electron chi connectivity index (χ0n) is 15.6. The van der Waals surface area contributed by atoms with Gasteiger partial charge in [0.15, 0.2) is 5.11 Å². The van der Waals surface area contributed by atoms with Crippen molar-refractivity contribution < 1.29 is 9.53 Å². The molecule has 140 valence electrons. The molecule has 1 aromatic rings. The molecule has 0 saturated heterocycles. The van der Waals surface area contributed by atoms with Gasteiger partial charge >= 0.3 is 5.97 Å². The van der Waals surface area contributed by atoms with Gasteiger partial charge in [0, 0.05) is 11.4 Å². The molecule has 1 heterocycles. The lowest BCUT2D eigenvalue weighted by Gasteiger charge is -2.13. The maximum Gasteiger partial charge on any atom is 0.341 e. The van der Waals surface area contributed by atoms with Crippen LogP contribution in [0.25, 0.3) is 0 Å². The van der Waals surface area contributed by atoms with E-state index in [9.17, 15) is 4.79 Å². The minimum absolute atomic E-state index is 0.229. The van der Waals surface area contributed by atoms with Gasteiger partial charge in [-0.05, 0) is 62.7 Å². The van der Waals surface area contributed by atoms with Crippen molar-refractivity contribution in [2.75, 3.05) is 18.5 Å². The van der Waals surface area contributed by atoms with Crippen molar-refractivity contribution in [1.82, 2.24) is 5.32 Å². The lowest BCUT2D eigenvalue weighted by molar-refractivity contribution is 0.0526. The van der Waals surface area contributed by atoms with Crippen molar-refractivity contribution in [1.29, 1.82) is 0 Å². The average Bonchev–Trinajstić information content (AvgIpc) is 2.83. The number of aryl methyl sites for hydroxylation is 1. The summed E-state index contributed by atoms with van der Waals surface area (Å²) in [4.78, 5) is 13.9. The Morgan fingerprint density at radius 2 is 1.96 bits per heavy atom. The highest BCUT2D eigenvalue weighted by molar-refractivity contribution is 7.80. The predicted octanol–water partition coefficient (Wildman–Crippen LogP) is 4.92. The fraction of sp³-hybridized carbons (Fsp3) is 0.684. The van der Waals surface area contributed by atoms with Gasteiger partial charge in [0.1, 0.15) is 5.00 Å². The summed E-state index contributed by atoms with van der Waals surface area (Å²) in [6.45, 7) is 7.45. The fourth-order valence-corrected chi connectivity index (χ4v) is 4.60. The first-order valence-electron chi connectivity index (χ1n) is 9.39. The third-order valence-corrected chi connectivity index (χ3v) is 5.84. The molecule has 6 heteroatoms. The number of carbonyl (C=O) groups excluding carboxylic acids is 1. The number of fused-ring (bicyclic) bond motifs is 1. The number of hydrogen-bond acceptors (Lipinski definition) is 4. The van der Waals surface area contributed by atoms with Crippen LogP contribution >= 0.6 is 23.6 Å². The lowest BCUT2D eigenvalue weighted by atomic mass is 9.96. The average molecular weight is 383 g/mol. The summed E-state index contributed by atoms with van der Waals surface area (Å²) in [5.74, 6) is 0.403. The molecule has 0 radical (unpaired) electrons. The maximum atomic E-state index is 12.6. The number of rotatable bonds is 6. The summed E-state index contributed by atoms with van der Waals surface area (Å²) in [6.07, 6.45) is 7.88. The molecule has 4 nitrogen and oxygen atoms in total. The second-order valence-electron chi connectivity index (χ2n) is 6.91. The molecule has 2 N–H and O–H groups in total. The molecular weight excluding hydrogens is 352 g/mol. The zero-order valence-corrected chi connectivity index (χ0v) is 17.2. The molecule has 0 spiro atoms. The van der Waals surface area contributed by atoms with Gasteiger partial charge in [0.25, 0.3) is 0 Å². The van der Waals surface area contributed by atoms with Gasteiger partial charge < -0.3 is 15.4 Å². The van der Waals surface area contributed by atoms with Crippen LogP contribution in [0.1, 0.15) is 73.7 Å². The van der Waals surface area contributed by atoms with Crippen LogP contribution in [0.4, 0.5) is 5.00 Å². The fourth-order valence-electron chi connectivity index (χ4n) is 3.05. The zero-order chi connectivity index (χ0) is 18.2. The molecule has 0 unspecified atom stereocenters. The maximum absolute atomic E-state index is 12.6. The first-order chi connectivity index (χ1) is 12.0. The van der Waals surface area contributed by atoms with Crippen molar-refractivity contribution in [3.05, 3.63) is 16.0 Å². The number of thiocarbonyl (C=S) groups is 1. The summed E-state index contributed by atoms with van der Waals surface area (Å²) >= 11 is 7.09. The van der Waals surface area contributed by atoms with Crippen molar-refractivity contribution in [3.8, 4) is 0 Å². The molecule has 1 aromatic heterocycles. The molecule has 2 rings (SSSR count). The Morgan fingerprint density at radius 3 is 2.64 bits per heavy atom. The van der Waals surface area contributed by atoms with E-state index in [1.165, 1.54) is 29.7 Å². The van der Waals surface area contributed by atoms with E-state index in [0.29, 0.717) is 23.2 Å². The van der Waals surface area contributed by atoms with Gasteiger partial charge in [-0.2, -0.15) is 0 Å². The largest absolute Gasteiger partial charge is 0.462 e. The first kappa shape index (κ1) is 20.2. The highest BCUT2D eigenvalue weighted by Crippen LogP contribution is 2.37. The number of thiophene rings is 1. The Balaban J connectivity index is 2.18. The van der Waals surface area contributed by atoms with Crippen LogP contribution in [0.2, 0.25) is 0 Å². The van der Waals surface area contributed by atoms with E-state index in [2.05, 4.69) is 24.5 Å². The van der Waals surface area contributed by atoms with Crippen LogP contribution in [0.15, 0.2) is 0 Å². The SMILES string of the molecule is CCOC(=O)c1c(NC(=S)NCCC(C)C)sc2c1CCCCCC2. The van der Waals surface area contributed by atoms with E-state index in [1.54, 1.807) is 11.3 Å². The Morgan fingerprint density at radius 1 is 1.24 bits per heavy atom. The Bertz CT molecular complexity index is 596. The number of carbonyl (C=O) groups is 1. The van der Waals surface area contributed by atoms with Crippen LogP contribution in [-0.2, 0) is 17.6 Å². The summed E-state index contributed by atoms with van der Waals surface area (Å²) in [6, 6.07) is 0. The van der Waals surface area contributed by atoms with Gasteiger partial charge in [0.05, 0.1) is 12.2 Å². The lowest BCUT2D eigenvalue weighted by Crippen LogP contribution is -2.30. The number of esters is 1. The van der Waals surface area contributed by atoms with E-state index < -0.39 is 0 Å². The molecule has 1 aliphatic carbocycles. The van der Waals surface area contributed by atoms with Gasteiger partial charge in [-0.15, -0.1) is 11.3 Å². The number of anilines is 1. The van der Waals surface area contributed by atoms with Gasteiger partial charge in [0.2, 0.25) is 0 Å². The molecule has 25 heavy (non-hydrogen) atoms. The van der Waals surface area contributed by atoms with E-state index >= 15 is 0 Å². The smallest absolute Gasteiger partial charge is 0.341 e. The minimum atomic E-state index is -0.229.